The van der Waals surface area contributed by atoms with Crippen molar-refractivity contribution in [3.05, 3.63) is 29.3 Å². The molecule has 0 amide bonds. The van der Waals surface area contributed by atoms with Crippen LogP contribution in [0.1, 0.15) is 36.8 Å². The van der Waals surface area contributed by atoms with E-state index in [1.807, 2.05) is 0 Å². The maximum absolute atomic E-state index is 3.59. The lowest BCUT2D eigenvalue weighted by atomic mass is 10.0. The summed E-state index contributed by atoms with van der Waals surface area (Å²) in [4.78, 5) is 0. The van der Waals surface area contributed by atoms with E-state index >= 15 is 0 Å². The molecule has 17 heavy (non-hydrogen) atoms. The SMILES string of the molecule is Cc1cc(C)cc(NCCC2CCCCN2)c1. The number of rotatable bonds is 4. The molecule has 2 N–H and O–H groups in total. The Hall–Kier alpha value is -1.02. The maximum Gasteiger partial charge on any atom is 0.0345 e. The van der Waals surface area contributed by atoms with E-state index in [1.165, 1.54) is 49.0 Å². The second-order valence-electron chi connectivity index (χ2n) is 5.24. The summed E-state index contributed by atoms with van der Waals surface area (Å²) in [6.45, 7) is 6.58. The minimum absolute atomic E-state index is 0.724. The molecule has 1 fully saturated rings. The Balaban J connectivity index is 1.77. The van der Waals surface area contributed by atoms with Crippen molar-refractivity contribution in [3.63, 3.8) is 0 Å². The smallest absolute Gasteiger partial charge is 0.0345 e. The zero-order chi connectivity index (χ0) is 12.1. The van der Waals surface area contributed by atoms with Crippen molar-refractivity contribution in [2.75, 3.05) is 18.4 Å². The van der Waals surface area contributed by atoms with E-state index in [2.05, 4.69) is 42.7 Å². The fraction of sp³-hybridized carbons (Fsp3) is 0.600. The van der Waals surface area contributed by atoms with Gasteiger partial charge in [-0.3, -0.25) is 0 Å². The molecule has 1 atom stereocenters. The molecule has 0 aromatic heterocycles. The van der Waals surface area contributed by atoms with Crippen LogP contribution in [-0.2, 0) is 0 Å². The number of benzene rings is 1. The molecular weight excluding hydrogens is 208 g/mol. The van der Waals surface area contributed by atoms with Gasteiger partial charge in [-0.2, -0.15) is 0 Å². The Morgan fingerprint density at radius 3 is 2.59 bits per heavy atom. The highest BCUT2D eigenvalue weighted by Gasteiger charge is 2.11. The van der Waals surface area contributed by atoms with Crippen molar-refractivity contribution < 1.29 is 0 Å². The number of hydrogen-bond acceptors (Lipinski definition) is 2. The van der Waals surface area contributed by atoms with E-state index in [4.69, 9.17) is 0 Å². The lowest BCUT2D eigenvalue weighted by Crippen LogP contribution is -2.35. The van der Waals surface area contributed by atoms with Crippen molar-refractivity contribution in [1.82, 2.24) is 5.32 Å². The van der Waals surface area contributed by atoms with Crippen LogP contribution < -0.4 is 10.6 Å². The van der Waals surface area contributed by atoms with Crippen molar-refractivity contribution in [2.45, 2.75) is 45.6 Å². The van der Waals surface area contributed by atoms with Crippen LogP contribution in [-0.4, -0.2) is 19.1 Å². The normalized spacial score (nSPS) is 20.2. The summed E-state index contributed by atoms with van der Waals surface area (Å²) in [6, 6.07) is 7.39. The third-order valence-corrected chi connectivity index (χ3v) is 3.46. The van der Waals surface area contributed by atoms with Gasteiger partial charge in [0.25, 0.3) is 0 Å². The Labute approximate surface area is 105 Å². The van der Waals surface area contributed by atoms with Gasteiger partial charge in [0, 0.05) is 18.3 Å². The van der Waals surface area contributed by atoms with Crippen molar-refractivity contribution in [2.24, 2.45) is 0 Å². The van der Waals surface area contributed by atoms with E-state index in [1.54, 1.807) is 0 Å². The molecule has 1 saturated heterocycles. The molecule has 94 valence electrons. The van der Waals surface area contributed by atoms with Crippen molar-refractivity contribution >= 4 is 5.69 Å². The van der Waals surface area contributed by atoms with Crippen molar-refractivity contribution in [3.8, 4) is 0 Å². The first kappa shape index (κ1) is 12.4. The summed E-state index contributed by atoms with van der Waals surface area (Å²) in [6.07, 6.45) is 5.31. The van der Waals surface area contributed by atoms with Gasteiger partial charge >= 0.3 is 0 Å². The third kappa shape index (κ3) is 4.04. The van der Waals surface area contributed by atoms with Crippen LogP contribution in [0, 0.1) is 13.8 Å². The number of anilines is 1. The number of piperidine rings is 1. The molecule has 2 rings (SSSR count). The summed E-state index contributed by atoms with van der Waals surface area (Å²) in [5.41, 5.74) is 3.94. The Morgan fingerprint density at radius 1 is 1.18 bits per heavy atom. The van der Waals surface area contributed by atoms with E-state index in [9.17, 15) is 0 Å². The van der Waals surface area contributed by atoms with Gasteiger partial charge in [0.05, 0.1) is 0 Å². The molecule has 1 unspecified atom stereocenters. The average molecular weight is 232 g/mol. The van der Waals surface area contributed by atoms with Crippen LogP contribution in [0.2, 0.25) is 0 Å². The fourth-order valence-electron chi connectivity index (χ4n) is 2.64. The van der Waals surface area contributed by atoms with E-state index in [0.717, 1.165) is 12.6 Å². The maximum atomic E-state index is 3.59. The molecule has 2 nitrogen and oxygen atoms in total. The van der Waals surface area contributed by atoms with Crippen LogP contribution in [0.3, 0.4) is 0 Å². The Bertz CT molecular complexity index is 334. The second kappa shape index (κ2) is 6.06. The number of aryl methyl sites for hydroxylation is 2. The van der Waals surface area contributed by atoms with Gasteiger partial charge in [-0.1, -0.05) is 12.5 Å². The van der Waals surface area contributed by atoms with Gasteiger partial charge in [-0.05, 0) is 62.9 Å². The molecule has 0 spiro atoms. The topological polar surface area (TPSA) is 24.1 Å². The molecule has 0 aliphatic carbocycles. The van der Waals surface area contributed by atoms with Gasteiger partial charge in [-0.25, -0.2) is 0 Å². The van der Waals surface area contributed by atoms with Gasteiger partial charge in [0.2, 0.25) is 0 Å². The van der Waals surface area contributed by atoms with Crippen LogP contribution in [0.4, 0.5) is 5.69 Å². The van der Waals surface area contributed by atoms with Crippen LogP contribution >= 0.6 is 0 Å². The molecule has 0 radical (unpaired) electrons. The highest BCUT2D eigenvalue weighted by atomic mass is 14.9. The summed E-state index contributed by atoms with van der Waals surface area (Å²) in [5.74, 6) is 0. The monoisotopic (exact) mass is 232 g/mol. The van der Waals surface area contributed by atoms with Crippen LogP contribution in [0.15, 0.2) is 18.2 Å². The first-order valence-electron chi connectivity index (χ1n) is 6.79. The predicted molar refractivity (Wildman–Crippen MR) is 74.7 cm³/mol. The first-order chi connectivity index (χ1) is 8.24. The third-order valence-electron chi connectivity index (χ3n) is 3.46. The summed E-state index contributed by atoms with van der Waals surface area (Å²) in [7, 11) is 0. The lowest BCUT2D eigenvalue weighted by molar-refractivity contribution is 0.389. The van der Waals surface area contributed by atoms with E-state index in [-0.39, 0.29) is 0 Å². The largest absolute Gasteiger partial charge is 0.385 e. The van der Waals surface area contributed by atoms with Gasteiger partial charge in [0.15, 0.2) is 0 Å². The van der Waals surface area contributed by atoms with Crippen LogP contribution in [0.25, 0.3) is 0 Å². The highest BCUT2D eigenvalue weighted by Crippen LogP contribution is 2.15. The molecule has 1 aliphatic rings. The average Bonchev–Trinajstić information content (AvgIpc) is 2.29. The molecule has 0 bridgehead atoms. The Morgan fingerprint density at radius 2 is 1.94 bits per heavy atom. The van der Waals surface area contributed by atoms with Crippen molar-refractivity contribution in [1.29, 1.82) is 0 Å². The van der Waals surface area contributed by atoms with Gasteiger partial charge in [-0.15, -0.1) is 0 Å². The minimum Gasteiger partial charge on any atom is -0.385 e. The number of nitrogens with one attached hydrogen (secondary N) is 2. The van der Waals surface area contributed by atoms with E-state index in [0.29, 0.717) is 0 Å². The first-order valence-corrected chi connectivity index (χ1v) is 6.79. The zero-order valence-corrected chi connectivity index (χ0v) is 11.1. The van der Waals surface area contributed by atoms with Gasteiger partial charge < -0.3 is 10.6 Å². The fourth-order valence-corrected chi connectivity index (χ4v) is 2.64. The van der Waals surface area contributed by atoms with Gasteiger partial charge in [0.1, 0.15) is 0 Å². The summed E-state index contributed by atoms with van der Waals surface area (Å²) >= 11 is 0. The second-order valence-corrected chi connectivity index (χ2v) is 5.24. The summed E-state index contributed by atoms with van der Waals surface area (Å²) in [5, 5.41) is 7.12. The molecule has 1 aliphatic heterocycles. The molecule has 0 saturated carbocycles. The summed E-state index contributed by atoms with van der Waals surface area (Å²) < 4.78 is 0. The highest BCUT2D eigenvalue weighted by molar-refractivity contribution is 5.48. The minimum atomic E-state index is 0.724. The van der Waals surface area contributed by atoms with Crippen LogP contribution in [0.5, 0.6) is 0 Å². The molecular formula is C15H24N2. The predicted octanol–water partition coefficient (Wildman–Crippen LogP) is 3.25. The molecule has 2 heteroatoms. The molecule has 1 heterocycles. The standard InChI is InChI=1S/C15H24N2/c1-12-9-13(2)11-15(10-12)17-8-6-14-5-3-4-7-16-14/h9-11,14,16-17H,3-8H2,1-2H3. The quantitative estimate of drug-likeness (QED) is 0.832. The molecule has 1 aromatic rings. The van der Waals surface area contributed by atoms with E-state index < -0.39 is 0 Å². The lowest BCUT2D eigenvalue weighted by Gasteiger charge is -2.23. The Kier molecular flexibility index (Phi) is 4.43. The zero-order valence-electron chi connectivity index (χ0n) is 11.1. The number of hydrogen-bond donors (Lipinski definition) is 2. The molecule has 1 aromatic carbocycles.